The maximum absolute atomic E-state index is 5.48. The lowest BCUT2D eigenvalue weighted by Crippen LogP contribution is -2.24. The van der Waals surface area contributed by atoms with Crippen LogP contribution in [0.4, 0.5) is 0 Å². The second kappa shape index (κ2) is 8.89. The summed E-state index contributed by atoms with van der Waals surface area (Å²) in [4.78, 5) is 7.23. The van der Waals surface area contributed by atoms with E-state index in [2.05, 4.69) is 24.1 Å². The third-order valence-corrected chi connectivity index (χ3v) is 4.78. The van der Waals surface area contributed by atoms with Crippen molar-refractivity contribution in [3.05, 3.63) is 29.3 Å². The fourth-order valence-corrected chi connectivity index (χ4v) is 3.28. The van der Waals surface area contributed by atoms with Crippen LogP contribution in [-0.4, -0.2) is 37.2 Å². The third-order valence-electron chi connectivity index (χ3n) is 3.85. The molecule has 0 aliphatic heterocycles. The Hall–Kier alpha value is -1.59. The summed E-state index contributed by atoms with van der Waals surface area (Å²) in [5.41, 5.74) is 2.14. The topological polar surface area (TPSA) is 34.6 Å². The lowest BCUT2D eigenvalue weighted by Gasteiger charge is -2.18. The monoisotopic (exact) mass is 334 g/mol. The third kappa shape index (κ3) is 4.69. The van der Waals surface area contributed by atoms with Crippen LogP contribution in [0.3, 0.4) is 0 Å². The number of methoxy groups -OCH3 is 2. The van der Waals surface area contributed by atoms with Gasteiger partial charge in [0.25, 0.3) is 0 Å². The molecule has 0 fully saturated rings. The van der Waals surface area contributed by atoms with Gasteiger partial charge in [-0.25, -0.2) is 4.98 Å². The number of rotatable bonds is 9. The van der Waals surface area contributed by atoms with Crippen LogP contribution in [0.5, 0.6) is 11.5 Å². The van der Waals surface area contributed by atoms with Crippen molar-refractivity contribution in [1.82, 2.24) is 9.88 Å². The first-order chi connectivity index (χ1) is 11.2. The minimum Gasteiger partial charge on any atom is -0.497 e. The van der Waals surface area contributed by atoms with E-state index in [1.54, 1.807) is 25.6 Å². The highest BCUT2D eigenvalue weighted by molar-refractivity contribution is 7.13. The fourth-order valence-electron chi connectivity index (χ4n) is 2.44. The minimum absolute atomic E-state index is 0.791. The van der Waals surface area contributed by atoms with Crippen molar-refractivity contribution in [2.24, 2.45) is 0 Å². The number of thiazole rings is 1. The van der Waals surface area contributed by atoms with E-state index in [1.807, 2.05) is 18.2 Å². The zero-order valence-electron chi connectivity index (χ0n) is 14.5. The highest BCUT2D eigenvalue weighted by Crippen LogP contribution is 2.35. The molecule has 23 heavy (non-hydrogen) atoms. The molecule has 1 heterocycles. The number of hydrogen-bond donors (Lipinski definition) is 0. The molecule has 0 amide bonds. The van der Waals surface area contributed by atoms with Crippen molar-refractivity contribution in [2.75, 3.05) is 27.3 Å². The molecule has 0 spiro atoms. The normalized spacial score (nSPS) is 11.0. The first-order valence-electron chi connectivity index (χ1n) is 8.10. The van der Waals surface area contributed by atoms with Gasteiger partial charge in [-0.15, -0.1) is 11.3 Å². The van der Waals surface area contributed by atoms with Crippen LogP contribution in [0.25, 0.3) is 10.6 Å². The lowest BCUT2D eigenvalue weighted by molar-refractivity contribution is 0.273. The van der Waals surface area contributed by atoms with E-state index in [9.17, 15) is 0 Å². The van der Waals surface area contributed by atoms with Gasteiger partial charge in [0.15, 0.2) is 0 Å². The van der Waals surface area contributed by atoms with Gasteiger partial charge in [0, 0.05) is 18.0 Å². The standard InChI is InChI=1S/C18H26N2O2S/c1-5-7-10-20(6-2)12-14-13-23-18(19-14)16-9-8-15(21-3)11-17(16)22-4/h8-9,11,13H,5-7,10,12H2,1-4H3. The number of hydrogen-bond acceptors (Lipinski definition) is 5. The maximum Gasteiger partial charge on any atom is 0.132 e. The molecular weight excluding hydrogens is 308 g/mol. The van der Waals surface area contributed by atoms with E-state index in [4.69, 9.17) is 14.5 Å². The van der Waals surface area contributed by atoms with Crippen molar-refractivity contribution in [2.45, 2.75) is 33.2 Å². The van der Waals surface area contributed by atoms with Crippen LogP contribution in [0, 0.1) is 0 Å². The molecule has 0 atom stereocenters. The Kier molecular flexibility index (Phi) is 6.86. The predicted molar refractivity (Wildman–Crippen MR) is 96.5 cm³/mol. The quantitative estimate of drug-likeness (QED) is 0.678. The Morgan fingerprint density at radius 1 is 1.17 bits per heavy atom. The second-order valence-corrected chi connectivity index (χ2v) is 6.29. The van der Waals surface area contributed by atoms with Gasteiger partial charge >= 0.3 is 0 Å². The first kappa shape index (κ1) is 17.8. The highest BCUT2D eigenvalue weighted by atomic mass is 32.1. The summed E-state index contributed by atoms with van der Waals surface area (Å²) in [6.45, 7) is 7.52. The van der Waals surface area contributed by atoms with Gasteiger partial charge in [0.05, 0.1) is 25.5 Å². The number of ether oxygens (including phenoxy) is 2. The zero-order valence-corrected chi connectivity index (χ0v) is 15.3. The molecule has 1 aromatic carbocycles. The van der Waals surface area contributed by atoms with Gasteiger partial charge in [-0.1, -0.05) is 20.3 Å². The molecule has 0 saturated carbocycles. The van der Waals surface area contributed by atoms with Gasteiger partial charge in [-0.3, -0.25) is 4.90 Å². The SMILES string of the molecule is CCCCN(CC)Cc1csc(-c2ccc(OC)cc2OC)n1. The lowest BCUT2D eigenvalue weighted by atomic mass is 10.2. The molecule has 0 aliphatic carbocycles. The van der Waals surface area contributed by atoms with Gasteiger partial charge in [0.1, 0.15) is 16.5 Å². The summed E-state index contributed by atoms with van der Waals surface area (Å²) in [6.07, 6.45) is 2.46. The van der Waals surface area contributed by atoms with Crippen molar-refractivity contribution in [1.29, 1.82) is 0 Å². The number of aromatic nitrogens is 1. The van der Waals surface area contributed by atoms with Gasteiger partial charge in [0.2, 0.25) is 0 Å². The molecular formula is C18H26N2O2S. The summed E-state index contributed by atoms with van der Waals surface area (Å²) < 4.78 is 10.7. The highest BCUT2D eigenvalue weighted by Gasteiger charge is 2.13. The number of benzene rings is 1. The van der Waals surface area contributed by atoms with Gasteiger partial charge in [-0.2, -0.15) is 0 Å². The predicted octanol–water partition coefficient (Wildman–Crippen LogP) is 4.45. The Morgan fingerprint density at radius 3 is 2.65 bits per heavy atom. The Labute approximate surface area is 143 Å². The Morgan fingerprint density at radius 2 is 2.00 bits per heavy atom. The van der Waals surface area contributed by atoms with Gasteiger partial charge < -0.3 is 9.47 Å². The zero-order chi connectivity index (χ0) is 16.7. The largest absolute Gasteiger partial charge is 0.497 e. The first-order valence-corrected chi connectivity index (χ1v) is 8.98. The van der Waals surface area contributed by atoms with Crippen molar-refractivity contribution < 1.29 is 9.47 Å². The summed E-state index contributed by atoms with van der Waals surface area (Å²) in [6, 6.07) is 5.85. The minimum atomic E-state index is 0.791. The van der Waals surface area contributed by atoms with Crippen LogP contribution >= 0.6 is 11.3 Å². The van der Waals surface area contributed by atoms with E-state index < -0.39 is 0 Å². The van der Waals surface area contributed by atoms with Crippen molar-refractivity contribution in [3.63, 3.8) is 0 Å². The molecule has 0 radical (unpaired) electrons. The molecule has 0 unspecified atom stereocenters. The van der Waals surface area contributed by atoms with Crippen LogP contribution in [-0.2, 0) is 6.54 Å². The molecule has 1 aromatic heterocycles. The van der Waals surface area contributed by atoms with Crippen molar-refractivity contribution in [3.8, 4) is 22.1 Å². The van der Waals surface area contributed by atoms with Crippen LogP contribution in [0.2, 0.25) is 0 Å². The van der Waals surface area contributed by atoms with E-state index >= 15 is 0 Å². The smallest absolute Gasteiger partial charge is 0.132 e. The van der Waals surface area contributed by atoms with Crippen LogP contribution < -0.4 is 9.47 Å². The molecule has 0 bridgehead atoms. The number of nitrogens with zero attached hydrogens (tertiary/aromatic N) is 2. The molecule has 0 aliphatic rings. The summed E-state index contributed by atoms with van der Waals surface area (Å²) in [5, 5.41) is 3.14. The van der Waals surface area contributed by atoms with E-state index in [0.29, 0.717) is 0 Å². The van der Waals surface area contributed by atoms with Crippen LogP contribution in [0.15, 0.2) is 23.6 Å². The molecule has 0 N–H and O–H groups in total. The summed E-state index contributed by atoms with van der Waals surface area (Å²) in [5.74, 6) is 1.59. The fraction of sp³-hybridized carbons (Fsp3) is 0.500. The molecule has 5 heteroatoms. The average Bonchev–Trinajstić information content (AvgIpc) is 3.06. The van der Waals surface area contributed by atoms with E-state index in [1.165, 1.54) is 12.8 Å². The molecule has 4 nitrogen and oxygen atoms in total. The second-order valence-electron chi connectivity index (χ2n) is 5.43. The molecule has 0 saturated heterocycles. The Bertz CT molecular complexity index is 613. The average molecular weight is 334 g/mol. The van der Waals surface area contributed by atoms with Crippen LogP contribution in [0.1, 0.15) is 32.4 Å². The Balaban J connectivity index is 2.15. The number of unbranched alkanes of at least 4 members (excludes halogenated alkanes) is 1. The summed E-state index contributed by atoms with van der Waals surface area (Å²) >= 11 is 1.66. The maximum atomic E-state index is 5.48. The van der Waals surface area contributed by atoms with E-state index in [-0.39, 0.29) is 0 Å². The molecule has 126 valence electrons. The van der Waals surface area contributed by atoms with Gasteiger partial charge in [-0.05, 0) is 31.6 Å². The van der Waals surface area contributed by atoms with Crippen molar-refractivity contribution >= 4 is 11.3 Å². The molecule has 2 rings (SSSR count). The summed E-state index contributed by atoms with van der Waals surface area (Å²) in [7, 11) is 3.34. The van der Waals surface area contributed by atoms with E-state index in [0.717, 1.165) is 47.4 Å². The molecule has 2 aromatic rings.